The molecule has 0 aromatic rings. The predicted molar refractivity (Wildman–Crippen MR) is 136 cm³/mol. The van der Waals surface area contributed by atoms with Crippen LogP contribution in [0.15, 0.2) is 4.99 Å². The normalized spacial score (nSPS) is 19.6. The van der Waals surface area contributed by atoms with Crippen molar-refractivity contribution < 1.29 is 9.53 Å². The van der Waals surface area contributed by atoms with E-state index in [4.69, 9.17) is 9.73 Å². The molecule has 8 nitrogen and oxygen atoms in total. The van der Waals surface area contributed by atoms with Gasteiger partial charge >= 0.3 is 6.09 Å². The lowest BCUT2D eigenvalue weighted by molar-refractivity contribution is 0.0522. The summed E-state index contributed by atoms with van der Waals surface area (Å²) in [6.45, 7) is 15.1. The number of alkyl carbamates (subject to hydrolysis) is 1. The first-order valence-corrected chi connectivity index (χ1v) is 11.0. The van der Waals surface area contributed by atoms with Gasteiger partial charge in [0.2, 0.25) is 0 Å². The van der Waals surface area contributed by atoms with Crippen LogP contribution < -0.4 is 16.0 Å². The fourth-order valence-electron chi connectivity index (χ4n) is 3.21. The first-order valence-electron chi connectivity index (χ1n) is 11.0. The number of unbranched alkanes of at least 4 members (excludes halogenated alkanes) is 1. The number of nitrogens with one attached hydrogen (secondary N) is 3. The predicted octanol–water partition coefficient (Wildman–Crippen LogP) is 2.49. The van der Waals surface area contributed by atoms with Crippen LogP contribution >= 0.6 is 24.0 Å². The zero-order chi connectivity index (χ0) is 21.9. The summed E-state index contributed by atoms with van der Waals surface area (Å²) >= 11 is 0. The fraction of sp³-hybridized carbons (Fsp3) is 0.905. The maximum absolute atomic E-state index is 12.0. The molecule has 1 rings (SSSR count). The van der Waals surface area contributed by atoms with Gasteiger partial charge in [-0.05, 0) is 48.2 Å². The van der Waals surface area contributed by atoms with Crippen molar-refractivity contribution in [3.63, 3.8) is 0 Å². The Morgan fingerprint density at radius 1 is 1.20 bits per heavy atom. The Morgan fingerprint density at radius 3 is 2.50 bits per heavy atom. The molecule has 0 aliphatic carbocycles. The molecular formula is C21H45IN6O2. The third-order valence-electron chi connectivity index (χ3n) is 4.92. The Labute approximate surface area is 201 Å². The Kier molecular flexibility index (Phi) is 14.7. The van der Waals surface area contributed by atoms with Crippen LogP contribution in [-0.4, -0.2) is 92.9 Å². The number of halogens is 1. The lowest BCUT2D eigenvalue weighted by Gasteiger charge is -2.37. The summed E-state index contributed by atoms with van der Waals surface area (Å²) < 4.78 is 5.36. The standard InChI is InChI=1S/C21H44N6O2.HI/c1-8-10-11-17(14-24-20(28)29-21(3,4)5)25-19(22-9-2)23-15-18-16-26(6)12-13-27(18)7;/h17-18H,8-16H2,1-7H3,(H,24,28)(H2,22,23,25);1H. The van der Waals surface area contributed by atoms with Crippen molar-refractivity contribution in [1.29, 1.82) is 0 Å². The summed E-state index contributed by atoms with van der Waals surface area (Å²) in [5.74, 6) is 0.807. The number of carbonyl (C=O) groups is 1. The minimum absolute atomic E-state index is 0. The zero-order valence-electron chi connectivity index (χ0n) is 20.1. The monoisotopic (exact) mass is 540 g/mol. The van der Waals surface area contributed by atoms with E-state index in [0.29, 0.717) is 12.6 Å². The summed E-state index contributed by atoms with van der Waals surface area (Å²) in [5, 5.41) is 9.75. The average Bonchev–Trinajstić information content (AvgIpc) is 2.63. The second kappa shape index (κ2) is 15.1. The molecule has 1 fully saturated rings. The van der Waals surface area contributed by atoms with E-state index in [2.05, 4.69) is 53.7 Å². The second-order valence-corrected chi connectivity index (χ2v) is 8.98. The third-order valence-corrected chi connectivity index (χ3v) is 4.92. The van der Waals surface area contributed by atoms with Gasteiger partial charge in [0, 0.05) is 44.8 Å². The molecule has 9 heteroatoms. The molecule has 0 radical (unpaired) electrons. The molecule has 1 saturated heterocycles. The van der Waals surface area contributed by atoms with Gasteiger partial charge < -0.3 is 25.6 Å². The highest BCUT2D eigenvalue weighted by Crippen LogP contribution is 2.08. The number of rotatable bonds is 9. The molecule has 0 aromatic heterocycles. The van der Waals surface area contributed by atoms with Crippen molar-refractivity contribution in [3.8, 4) is 0 Å². The Hall–Kier alpha value is -0.810. The third kappa shape index (κ3) is 12.8. The van der Waals surface area contributed by atoms with Gasteiger partial charge in [-0.2, -0.15) is 0 Å². The quantitative estimate of drug-likeness (QED) is 0.237. The van der Waals surface area contributed by atoms with Crippen LogP contribution in [0.1, 0.15) is 53.9 Å². The van der Waals surface area contributed by atoms with Crippen molar-refractivity contribution in [3.05, 3.63) is 0 Å². The topological polar surface area (TPSA) is 81.2 Å². The van der Waals surface area contributed by atoms with Gasteiger partial charge in [0.05, 0.1) is 6.54 Å². The minimum atomic E-state index is -0.494. The van der Waals surface area contributed by atoms with Crippen LogP contribution in [0.4, 0.5) is 4.79 Å². The molecule has 0 spiro atoms. The van der Waals surface area contributed by atoms with E-state index < -0.39 is 5.60 Å². The van der Waals surface area contributed by atoms with Gasteiger partial charge in [0.25, 0.3) is 0 Å². The van der Waals surface area contributed by atoms with Crippen molar-refractivity contribution in [2.45, 2.75) is 71.6 Å². The summed E-state index contributed by atoms with van der Waals surface area (Å²) in [4.78, 5) is 21.6. The van der Waals surface area contributed by atoms with Gasteiger partial charge in [-0.15, -0.1) is 24.0 Å². The number of guanidine groups is 1. The summed E-state index contributed by atoms with van der Waals surface area (Å²) in [5.41, 5.74) is -0.494. The first-order chi connectivity index (χ1) is 13.6. The molecule has 178 valence electrons. The molecule has 0 bridgehead atoms. The smallest absolute Gasteiger partial charge is 0.407 e. The zero-order valence-corrected chi connectivity index (χ0v) is 22.4. The van der Waals surface area contributed by atoms with Gasteiger partial charge in [0.1, 0.15) is 5.60 Å². The summed E-state index contributed by atoms with van der Waals surface area (Å²) in [7, 11) is 4.33. The number of amides is 1. The van der Waals surface area contributed by atoms with E-state index in [1.165, 1.54) is 0 Å². The second-order valence-electron chi connectivity index (χ2n) is 8.98. The van der Waals surface area contributed by atoms with Gasteiger partial charge in [-0.3, -0.25) is 9.89 Å². The van der Waals surface area contributed by atoms with E-state index in [0.717, 1.165) is 57.9 Å². The molecular weight excluding hydrogens is 495 g/mol. The van der Waals surface area contributed by atoms with Crippen LogP contribution in [-0.2, 0) is 4.74 Å². The number of piperazine rings is 1. The highest BCUT2D eigenvalue weighted by Gasteiger charge is 2.22. The molecule has 1 aliphatic rings. The van der Waals surface area contributed by atoms with Gasteiger partial charge in [-0.1, -0.05) is 19.8 Å². The van der Waals surface area contributed by atoms with Crippen molar-refractivity contribution >= 4 is 36.0 Å². The number of hydrogen-bond donors (Lipinski definition) is 3. The lowest BCUT2D eigenvalue weighted by atomic mass is 10.1. The molecule has 2 atom stereocenters. The molecule has 30 heavy (non-hydrogen) atoms. The fourth-order valence-corrected chi connectivity index (χ4v) is 3.21. The number of hydrogen-bond acceptors (Lipinski definition) is 5. The molecule has 1 aliphatic heterocycles. The lowest BCUT2D eigenvalue weighted by Crippen LogP contribution is -2.52. The van der Waals surface area contributed by atoms with Crippen LogP contribution in [0, 0.1) is 0 Å². The van der Waals surface area contributed by atoms with E-state index in [-0.39, 0.29) is 36.1 Å². The van der Waals surface area contributed by atoms with Crippen molar-refractivity contribution in [2.75, 3.05) is 53.4 Å². The van der Waals surface area contributed by atoms with Gasteiger partial charge in [0.15, 0.2) is 5.96 Å². The van der Waals surface area contributed by atoms with Crippen LogP contribution in [0.2, 0.25) is 0 Å². The maximum Gasteiger partial charge on any atom is 0.407 e. The van der Waals surface area contributed by atoms with Crippen LogP contribution in [0.5, 0.6) is 0 Å². The van der Waals surface area contributed by atoms with E-state index >= 15 is 0 Å². The molecule has 3 N–H and O–H groups in total. The highest BCUT2D eigenvalue weighted by molar-refractivity contribution is 14.0. The number of carbonyl (C=O) groups excluding carboxylic acids is 1. The molecule has 2 unspecified atom stereocenters. The molecule has 1 heterocycles. The largest absolute Gasteiger partial charge is 0.444 e. The summed E-state index contributed by atoms with van der Waals surface area (Å²) in [6.07, 6.45) is 2.78. The maximum atomic E-state index is 12.0. The number of ether oxygens (including phenoxy) is 1. The number of likely N-dealkylation sites (N-methyl/N-ethyl adjacent to an activating group) is 2. The van der Waals surface area contributed by atoms with Crippen molar-refractivity contribution in [1.82, 2.24) is 25.8 Å². The van der Waals surface area contributed by atoms with E-state index in [1.807, 2.05) is 20.8 Å². The van der Waals surface area contributed by atoms with Crippen LogP contribution in [0.3, 0.4) is 0 Å². The molecule has 1 amide bonds. The van der Waals surface area contributed by atoms with Crippen LogP contribution in [0.25, 0.3) is 0 Å². The number of aliphatic imine (C=N–C) groups is 1. The van der Waals surface area contributed by atoms with E-state index in [9.17, 15) is 4.79 Å². The Balaban J connectivity index is 0.00000841. The first kappa shape index (κ1) is 29.2. The minimum Gasteiger partial charge on any atom is -0.444 e. The Morgan fingerprint density at radius 2 is 1.90 bits per heavy atom. The van der Waals surface area contributed by atoms with E-state index in [1.54, 1.807) is 0 Å². The number of nitrogens with zero attached hydrogens (tertiary/aromatic N) is 3. The Bertz CT molecular complexity index is 512. The summed E-state index contributed by atoms with van der Waals surface area (Å²) in [6, 6.07) is 0.519. The van der Waals surface area contributed by atoms with Crippen molar-refractivity contribution in [2.24, 2.45) is 4.99 Å². The molecule has 0 saturated carbocycles. The van der Waals surface area contributed by atoms with Gasteiger partial charge in [-0.25, -0.2) is 4.79 Å². The SMILES string of the molecule is CCCCC(CNC(=O)OC(C)(C)C)NC(=NCC1CN(C)CCN1C)NCC.I. The highest BCUT2D eigenvalue weighted by atomic mass is 127. The average molecular weight is 541 g/mol. The molecule has 0 aromatic carbocycles.